The van der Waals surface area contributed by atoms with E-state index < -0.39 is 28.9 Å². The molecular formula is C20H15F3N6O2. The Labute approximate surface area is 173 Å². The summed E-state index contributed by atoms with van der Waals surface area (Å²) in [5.74, 6) is -1.05. The van der Waals surface area contributed by atoms with E-state index in [2.05, 4.69) is 25.4 Å². The molecule has 0 aliphatic heterocycles. The van der Waals surface area contributed by atoms with Crippen molar-refractivity contribution in [3.63, 3.8) is 0 Å². The lowest BCUT2D eigenvalue weighted by Gasteiger charge is -2.08. The highest BCUT2D eigenvalue weighted by atomic mass is 19.4. The number of terminal acetylenes is 1. The second-order valence-corrected chi connectivity index (χ2v) is 6.25. The molecule has 1 aromatic carbocycles. The number of hydrogen-bond acceptors (Lipinski definition) is 5. The molecule has 3 rings (SSSR count). The molecule has 0 saturated heterocycles. The molecule has 0 fully saturated rings. The van der Waals surface area contributed by atoms with Gasteiger partial charge >= 0.3 is 6.18 Å². The first kappa shape index (κ1) is 21.5. The Morgan fingerprint density at radius 2 is 2.00 bits per heavy atom. The predicted octanol–water partition coefficient (Wildman–Crippen LogP) is 2.44. The average Bonchev–Trinajstić information content (AvgIpc) is 3.09. The maximum absolute atomic E-state index is 13.7. The first-order chi connectivity index (χ1) is 14.7. The number of aryl methyl sites for hydroxylation is 1. The number of aliphatic imine (C=N–C) groups is 2. The number of nitrogens with zero attached hydrogens (tertiary/aromatic N) is 4. The number of carbonyl (C=O) groups is 1. The fourth-order valence-electron chi connectivity index (χ4n) is 2.99. The van der Waals surface area contributed by atoms with Crippen LogP contribution in [0.15, 0.2) is 45.1 Å². The van der Waals surface area contributed by atoms with Crippen molar-refractivity contribution in [2.24, 2.45) is 9.98 Å². The molecule has 158 valence electrons. The fourth-order valence-corrected chi connectivity index (χ4v) is 2.99. The molecule has 8 nitrogen and oxygen atoms in total. The van der Waals surface area contributed by atoms with Crippen molar-refractivity contribution in [3.8, 4) is 23.6 Å². The molecule has 0 radical (unpaired) electrons. The van der Waals surface area contributed by atoms with Gasteiger partial charge in [0, 0.05) is 18.8 Å². The van der Waals surface area contributed by atoms with Crippen LogP contribution in [-0.2, 0) is 6.18 Å². The van der Waals surface area contributed by atoms with Crippen molar-refractivity contribution < 1.29 is 18.0 Å². The van der Waals surface area contributed by atoms with E-state index in [9.17, 15) is 22.8 Å². The molecule has 1 amide bonds. The summed E-state index contributed by atoms with van der Waals surface area (Å²) in [4.78, 5) is 35.5. The molecule has 31 heavy (non-hydrogen) atoms. The van der Waals surface area contributed by atoms with Crippen LogP contribution in [0.2, 0.25) is 0 Å². The van der Waals surface area contributed by atoms with Gasteiger partial charge in [-0.2, -0.15) is 27.8 Å². The van der Waals surface area contributed by atoms with Crippen LogP contribution < -0.4 is 10.9 Å². The second kappa shape index (κ2) is 8.27. The number of carbonyl (C=O) groups excluding carboxylic acids is 1. The van der Waals surface area contributed by atoms with Gasteiger partial charge in [0.25, 0.3) is 11.5 Å². The van der Waals surface area contributed by atoms with E-state index in [1.165, 1.54) is 26.1 Å². The number of amides is 1. The van der Waals surface area contributed by atoms with Crippen molar-refractivity contribution in [2.45, 2.75) is 13.1 Å². The van der Waals surface area contributed by atoms with Crippen LogP contribution in [0.4, 0.5) is 13.2 Å². The van der Waals surface area contributed by atoms with E-state index in [1.54, 1.807) is 18.2 Å². The van der Waals surface area contributed by atoms with Crippen molar-refractivity contribution in [1.82, 2.24) is 19.9 Å². The number of amidine groups is 1. The Balaban J connectivity index is 2.26. The molecule has 2 aromatic heterocycles. The van der Waals surface area contributed by atoms with Crippen molar-refractivity contribution in [2.75, 3.05) is 7.05 Å². The van der Waals surface area contributed by atoms with Gasteiger partial charge in [-0.05, 0) is 12.5 Å². The molecule has 2 N–H and O–H groups in total. The zero-order valence-electron chi connectivity index (χ0n) is 16.3. The van der Waals surface area contributed by atoms with E-state index in [-0.39, 0.29) is 28.3 Å². The topological polar surface area (TPSA) is 104 Å². The molecule has 0 atom stereocenters. The summed E-state index contributed by atoms with van der Waals surface area (Å²) in [6, 6.07) is 9.67. The minimum atomic E-state index is -4.84. The quantitative estimate of drug-likeness (QED) is 0.380. The predicted molar refractivity (Wildman–Crippen MR) is 109 cm³/mol. The van der Waals surface area contributed by atoms with Gasteiger partial charge in [-0.15, -0.1) is 0 Å². The third-order valence-electron chi connectivity index (χ3n) is 4.21. The van der Waals surface area contributed by atoms with Gasteiger partial charge in [0.2, 0.25) is 0 Å². The Hall–Kier alpha value is -4.20. The van der Waals surface area contributed by atoms with Gasteiger partial charge in [0.15, 0.2) is 11.5 Å². The largest absolute Gasteiger partial charge is 0.435 e. The molecule has 0 saturated carbocycles. The van der Waals surface area contributed by atoms with Crippen molar-refractivity contribution >= 4 is 23.6 Å². The third-order valence-corrected chi connectivity index (χ3v) is 4.21. The zero-order chi connectivity index (χ0) is 22.8. The highest BCUT2D eigenvalue weighted by molar-refractivity contribution is 6.34. The van der Waals surface area contributed by atoms with E-state index >= 15 is 0 Å². The van der Waals surface area contributed by atoms with Crippen LogP contribution >= 0.6 is 0 Å². The van der Waals surface area contributed by atoms with Gasteiger partial charge in [-0.1, -0.05) is 36.8 Å². The number of aromatic nitrogens is 3. The van der Waals surface area contributed by atoms with Gasteiger partial charge in [-0.3, -0.25) is 14.6 Å². The molecule has 2 heterocycles. The number of fused-ring (bicyclic) bond motifs is 1. The number of alkyl halides is 3. The van der Waals surface area contributed by atoms with Crippen LogP contribution in [0.25, 0.3) is 16.8 Å². The normalized spacial score (nSPS) is 12.3. The number of nitrogens with one attached hydrogen (secondary N) is 2. The molecule has 0 aliphatic rings. The number of rotatable bonds is 3. The number of hydrogen-bond donors (Lipinski definition) is 2. The number of benzene rings is 1. The highest BCUT2D eigenvalue weighted by Crippen LogP contribution is 2.38. The highest BCUT2D eigenvalue weighted by Gasteiger charge is 2.39. The van der Waals surface area contributed by atoms with E-state index in [0.717, 1.165) is 6.21 Å². The number of aromatic amines is 1. The van der Waals surface area contributed by atoms with E-state index in [1.807, 2.05) is 6.04 Å². The summed E-state index contributed by atoms with van der Waals surface area (Å²) < 4.78 is 41.6. The van der Waals surface area contributed by atoms with Crippen LogP contribution in [0.5, 0.6) is 0 Å². The van der Waals surface area contributed by atoms with Crippen molar-refractivity contribution in [3.05, 3.63) is 57.6 Å². The first-order valence-corrected chi connectivity index (χ1v) is 8.74. The van der Waals surface area contributed by atoms with Crippen LogP contribution in [0, 0.1) is 19.4 Å². The smallest absolute Gasteiger partial charge is 0.342 e. The summed E-state index contributed by atoms with van der Waals surface area (Å²) in [5.41, 5.74) is -2.98. The fraction of sp³-hybridized carbons (Fsp3) is 0.150. The minimum absolute atomic E-state index is 0.0364. The summed E-state index contributed by atoms with van der Waals surface area (Å²) in [5, 5.41) is 5.78. The summed E-state index contributed by atoms with van der Waals surface area (Å²) in [6.45, 7) is 1.39. The lowest BCUT2D eigenvalue weighted by Crippen LogP contribution is -2.37. The maximum atomic E-state index is 13.7. The molecule has 0 unspecified atom stereocenters. The third kappa shape index (κ3) is 4.09. The molecule has 3 aromatic rings. The molecule has 11 heteroatoms. The minimum Gasteiger partial charge on any atom is -0.342 e. The summed E-state index contributed by atoms with van der Waals surface area (Å²) in [7, 11) is 1.41. The number of halogens is 3. The van der Waals surface area contributed by atoms with Gasteiger partial charge in [0.05, 0.1) is 11.8 Å². The molecular weight excluding hydrogens is 413 g/mol. The summed E-state index contributed by atoms with van der Waals surface area (Å²) in [6.07, 6.45) is 1.41. The Morgan fingerprint density at radius 1 is 1.32 bits per heavy atom. The van der Waals surface area contributed by atoms with Crippen molar-refractivity contribution in [1.29, 1.82) is 0 Å². The Morgan fingerprint density at radius 3 is 2.58 bits per heavy atom. The van der Waals surface area contributed by atoms with Gasteiger partial charge < -0.3 is 10.3 Å². The first-order valence-electron chi connectivity index (χ1n) is 8.74. The SMILES string of the molecule is C#C/N=C(\C=N/C)NC(=O)c1c(C)[nH]c2c(-c3ccccc3)c(C(F)(F)F)nn2c1=O. The second-order valence-electron chi connectivity index (χ2n) is 6.25. The van der Waals surface area contributed by atoms with E-state index in [4.69, 9.17) is 6.42 Å². The Bertz CT molecular complexity index is 1310. The standard InChI is InChI=1S/C20H15F3N6O2/c1-4-25-13(10-24-3)27-18(30)14-11(2)26-17-15(12-8-6-5-7-9-12)16(20(21,22)23)28-29(17)19(14)31/h1,5-10,26H,2-3H3,(H,25,27,30)/b24-10-. The van der Waals surface area contributed by atoms with Crippen LogP contribution in [0.3, 0.4) is 0 Å². The van der Waals surface area contributed by atoms with Gasteiger partial charge in [-0.25, -0.2) is 0 Å². The lowest BCUT2D eigenvalue weighted by atomic mass is 10.1. The molecule has 0 bridgehead atoms. The lowest BCUT2D eigenvalue weighted by molar-refractivity contribution is -0.140. The summed E-state index contributed by atoms with van der Waals surface area (Å²) >= 11 is 0. The van der Waals surface area contributed by atoms with E-state index in [0.29, 0.717) is 4.52 Å². The van der Waals surface area contributed by atoms with Crippen LogP contribution in [0.1, 0.15) is 21.7 Å². The average molecular weight is 428 g/mol. The van der Waals surface area contributed by atoms with Crippen LogP contribution in [-0.4, -0.2) is 39.6 Å². The zero-order valence-corrected chi connectivity index (χ0v) is 16.3. The number of H-pyrrole nitrogens is 1. The molecule has 0 aliphatic carbocycles. The monoisotopic (exact) mass is 428 g/mol. The Kier molecular flexibility index (Phi) is 5.74. The maximum Gasteiger partial charge on any atom is 0.435 e. The molecule has 0 spiro atoms. The van der Waals surface area contributed by atoms with Gasteiger partial charge in [0.1, 0.15) is 11.2 Å².